The Morgan fingerprint density at radius 3 is 2.76 bits per heavy atom. The smallest absolute Gasteiger partial charge is 0.282 e. The van der Waals surface area contributed by atoms with Crippen molar-refractivity contribution in [2.45, 2.75) is 25.3 Å². The van der Waals surface area contributed by atoms with Crippen LogP contribution in [0.5, 0.6) is 0 Å². The Morgan fingerprint density at radius 2 is 2.18 bits per heavy atom. The second-order valence-corrected chi connectivity index (χ2v) is 6.25. The first kappa shape index (κ1) is 14.8. The van der Waals surface area contributed by atoms with Crippen molar-refractivity contribution in [2.75, 3.05) is 40.5 Å². The van der Waals surface area contributed by atoms with Crippen molar-refractivity contribution in [1.82, 2.24) is 8.61 Å². The van der Waals surface area contributed by atoms with Crippen LogP contribution in [0, 0.1) is 0 Å². The molecule has 1 rings (SSSR count). The number of ether oxygens (including phenoxy) is 1. The van der Waals surface area contributed by atoms with Gasteiger partial charge in [-0.05, 0) is 12.8 Å². The number of piperidine rings is 1. The Kier molecular flexibility index (Phi) is 5.81. The molecule has 0 aromatic heterocycles. The minimum atomic E-state index is -3.47. The largest absolute Gasteiger partial charge is 0.395 e. The second kappa shape index (κ2) is 6.65. The summed E-state index contributed by atoms with van der Waals surface area (Å²) in [5.74, 6) is 0. The second-order valence-electron chi connectivity index (χ2n) is 4.27. The number of hydrogen-bond donors (Lipinski definition) is 1. The molecular formula is C10H22N2O4S. The fourth-order valence-electron chi connectivity index (χ4n) is 1.97. The summed E-state index contributed by atoms with van der Waals surface area (Å²) in [5, 5.41) is 9.23. The molecule has 1 N–H and O–H groups in total. The number of nitrogens with zero attached hydrogens (tertiary/aromatic N) is 2. The summed E-state index contributed by atoms with van der Waals surface area (Å²) in [6.45, 7) is 1.07. The average Bonchev–Trinajstić information content (AvgIpc) is 2.35. The molecule has 0 amide bonds. The van der Waals surface area contributed by atoms with Gasteiger partial charge < -0.3 is 9.84 Å². The number of methoxy groups -OCH3 is 1. The molecule has 0 radical (unpaired) electrons. The van der Waals surface area contributed by atoms with Crippen LogP contribution < -0.4 is 0 Å². The third-order valence-corrected chi connectivity index (χ3v) is 5.13. The molecule has 1 fully saturated rings. The maximum Gasteiger partial charge on any atom is 0.282 e. The van der Waals surface area contributed by atoms with E-state index in [1.165, 1.54) is 22.8 Å². The minimum absolute atomic E-state index is 0.114. The number of rotatable bonds is 6. The topological polar surface area (TPSA) is 70.1 Å². The van der Waals surface area contributed by atoms with E-state index in [1.54, 1.807) is 0 Å². The monoisotopic (exact) mass is 266 g/mol. The molecule has 1 saturated heterocycles. The Hall–Kier alpha value is -0.210. The molecule has 1 unspecified atom stereocenters. The number of likely N-dealkylation sites (N-methyl/N-ethyl adjacent to an activating group) is 1. The predicted octanol–water partition coefficient (Wildman–Crippen LogP) is -0.344. The Labute approximate surface area is 103 Å². The zero-order valence-corrected chi connectivity index (χ0v) is 11.3. The van der Waals surface area contributed by atoms with Gasteiger partial charge in [0.25, 0.3) is 10.2 Å². The van der Waals surface area contributed by atoms with Crippen molar-refractivity contribution in [3.05, 3.63) is 0 Å². The quantitative estimate of drug-likeness (QED) is 0.714. The van der Waals surface area contributed by atoms with Crippen molar-refractivity contribution in [1.29, 1.82) is 0 Å². The van der Waals surface area contributed by atoms with Gasteiger partial charge in [-0.1, -0.05) is 6.42 Å². The maximum absolute atomic E-state index is 12.2. The van der Waals surface area contributed by atoms with E-state index in [0.29, 0.717) is 19.7 Å². The normalized spacial score (nSPS) is 23.2. The summed E-state index contributed by atoms with van der Waals surface area (Å²) in [7, 11) is -0.390. The molecule has 0 aliphatic carbocycles. The zero-order valence-electron chi connectivity index (χ0n) is 10.5. The molecule has 1 heterocycles. The summed E-state index contributed by atoms with van der Waals surface area (Å²) >= 11 is 0. The van der Waals surface area contributed by atoms with E-state index < -0.39 is 10.2 Å². The third-order valence-electron chi connectivity index (χ3n) is 3.08. The molecule has 102 valence electrons. The van der Waals surface area contributed by atoms with Gasteiger partial charge in [0.1, 0.15) is 0 Å². The van der Waals surface area contributed by atoms with E-state index >= 15 is 0 Å². The van der Waals surface area contributed by atoms with E-state index in [0.717, 1.165) is 19.3 Å². The summed E-state index contributed by atoms with van der Waals surface area (Å²) in [5.41, 5.74) is 0. The first-order valence-corrected chi connectivity index (χ1v) is 7.26. The van der Waals surface area contributed by atoms with Crippen molar-refractivity contribution in [3.63, 3.8) is 0 Å². The van der Waals surface area contributed by atoms with Crippen molar-refractivity contribution in [3.8, 4) is 0 Å². The van der Waals surface area contributed by atoms with Gasteiger partial charge in [-0.25, -0.2) is 0 Å². The van der Waals surface area contributed by atoms with Crippen LogP contribution in [0.25, 0.3) is 0 Å². The van der Waals surface area contributed by atoms with Crippen molar-refractivity contribution in [2.24, 2.45) is 0 Å². The van der Waals surface area contributed by atoms with Crippen LogP contribution in [0.3, 0.4) is 0 Å². The van der Waals surface area contributed by atoms with Crippen molar-refractivity contribution < 1.29 is 18.3 Å². The van der Waals surface area contributed by atoms with Gasteiger partial charge in [0.2, 0.25) is 0 Å². The molecule has 1 aliphatic rings. The summed E-state index contributed by atoms with van der Waals surface area (Å²) in [6.07, 6.45) is 2.56. The van der Waals surface area contributed by atoms with E-state index in [4.69, 9.17) is 4.74 Å². The van der Waals surface area contributed by atoms with E-state index in [1.807, 2.05) is 0 Å². The van der Waals surface area contributed by atoms with E-state index in [2.05, 4.69) is 0 Å². The zero-order chi connectivity index (χ0) is 12.9. The molecule has 17 heavy (non-hydrogen) atoms. The van der Waals surface area contributed by atoms with Gasteiger partial charge in [0.15, 0.2) is 0 Å². The lowest BCUT2D eigenvalue weighted by atomic mass is 10.1. The highest BCUT2D eigenvalue weighted by atomic mass is 32.2. The number of aliphatic hydroxyl groups is 1. The van der Waals surface area contributed by atoms with Gasteiger partial charge in [0.05, 0.1) is 13.2 Å². The lowest BCUT2D eigenvalue weighted by Crippen LogP contribution is -2.51. The van der Waals surface area contributed by atoms with Crippen LogP contribution in [0.2, 0.25) is 0 Å². The molecule has 1 aliphatic heterocycles. The number of hydrogen-bond acceptors (Lipinski definition) is 4. The van der Waals surface area contributed by atoms with Crippen molar-refractivity contribution >= 4 is 10.2 Å². The maximum atomic E-state index is 12.2. The lowest BCUT2D eigenvalue weighted by Gasteiger charge is -2.35. The van der Waals surface area contributed by atoms with E-state index in [9.17, 15) is 13.5 Å². The summed E-state index contributed by atoms with van der Waals surface area (Å²) < 4.78 is 32.1. The molecule has 0 spiro atoms. The molecule has 0 aromatic carbocycles. The van der Waals surface area contributed by atoms with Gasteiger partial charge in [-0.3, -0.25) is 0 Å². The fraction of sp³-hybridized carbons (Fsp3) is 1.00. The van der Waals surface area contributed by atoms with Crippen LogP contribution in [0.4, 0.5) is 0 Å². The van der Waals surface area contributed by atoms with Gasteiger partial charge in [0, 0.05) is 33.3 Å². The minimum Gasteiger partial charge on any atom is -0.395 e. The Bertz CT molecular complexity index is 320. The molecule has 7 heteroatoms. The molecule has 1 atom stereocenters. The highest BCUT2D eigenvalue weighted by molar-refractivity contribution is 7.86. The van der Waals surface area contributed by atoms with Gasteiger partial charge in [-0.15, -0.1) is 0 Å². The highest BCUT2D eigenvalue weighted by Gasteiger charge is 2.34. The van der Waals surface area contributed by atoms with Gasteiger partial charge >= 0.3 is 0 Å². The molecule has 6 nitrogen and oxygen atoms in total. The standard InChI is InChI=1S/C10H22N2O4S/c1-11(7-8-16-2)17(14,15)12-6-4-3-5-10(12)9-13/h10,13H,3-9H2,1-2H3. The van der Waals surface area contributed by atoms with Crippen LogP contribution in [-0.2, 0) is 14.9 Å². The molecule has 0 aromatic rings. The van der Waals surface area contributed by atoms with Crippen LogP contribution in [-0.4, -0.2) is 68.6 Å². The Balaban J connectivity index is 2.73. The van der Waals surface area contributed by atoms with Crippen LogP contribution >= 0.6 is 0 Å². The van der Waals surface area contributed by atoms with Crippen LogP contribution in [0.15, 0.2) is 0 Å². The van der Waals surface area contributed by atoms with Crippen LogP contribution in [0.1, 0.15) is 19.3 Å². The molecule has 0 bridgehead atoms. The summed E-state index contributed by atoms with van der Waals surface area (Å²) in [4.78, 5) is 0. The van der Waals surface area contributed by atoms with E-state index in [-0.39, 0.29) is 12.6 Å². The first-order valence-electron chi connectivity index (χ1n) is 5.87. The predicted molar refractivity (Wildman–Crippen MR) is 64.9 cm³/mol. The SMILES string of the molecule is COCCN(C)S(=O)(=O)N1CCCCC1CO. The molecule has 0 saturated carbocycles. The third kappa shape index (κ3) is 3.62. The highest BCUT2D eigenvalue weighted by Crippen LogP contribution is 2.21. The Morgan fingerprint density at radius 1 is 1.47 bits per heavy atom. The fourth-order valence-corrected chi connectivity index (χ4v) is 3.55. The molecular weight excluding hydrogens is 244 g/mol. The van der Waals surface area contributed by atoms with Gasteiger partial charge in [-0.2, -0.15) is 17.0 Å². The lowest BCUT2D eigenvalue weighted by molar-refractivity contribution is 0.144. The first-order chi connectivity index (χ1) is 8.04. The number of aliphatic hydroxyl groups excluding tert-OH is 1. The summed E-state index contributed by atoms with van der Waals surface area (Å²) in [6, 6.07) is -0.279. The average molecular weight is 266 g/mol.